The number of hydrogen-bond donors (Lipinski definition) is 0. The van der Waals surface area contributed by atoms with Crippen LogP contribution in [0.5, 0.6) is 0 Å². The SMILES string of the molecule is C=CCCCCCCCCCOCCCOCCCCCCOCCCOCCOC. The maximum Gasteiger partial charge on any atom is 0.0700 e. The van der Waals surface area contributed by atoms with E-state index in [4.69, 9.17) is 23.7 Å². The Hall–Kier alpha value is -0.460. The van der Waals surface area contributed by atoms with Crippen molar-refractivity contribution in [2.75, 3.05) is 66.6 Å². The van der Waals surface area contributed by atoms with Gasteiger partial charge in [0.25, 0.3) is 0 Å². The molecule has 0 rings (SSSR count). The molecule has 186 valence electrons. The minimum Gasteiger partial charge on any atom is -0.382 e. The van der Waals surface area contributed by atoms with Gasteiger partial charge < -0.3 is 23.7 Å². The van der Waals surface area contributed by atoms with E-state index in [0.29, 0.717) is 13.2 Å². The van der Waals surface area contributed by atoms with E-state index in [-0.39, 0.29) is 0 Å². The van der Waals surface area contributed by atoms with Crippen molar-refractivity contribution in [3.8, 4) is 0 Å². The molecule has 0 N–H and O–H groups in total. The Morgan fingerprint density at radius 2 is 0.774 bits per heavy atom. The molecule has 0 radical (unpaired) electrons. The van der Waals surface area contributed by atoms with Gasteiger partial charge in [-0.25, -0.2) is 0 Å². The fourth-order valence-electron chi connectivity index (χ4n) is 3.22. The zero-order chi connectivity index (χ0) is 22.5. The van der Waals surface area contributed by atoms with Crippen LogP contribution in [0.2, 0.25) is 0 Å². The second kappa shape index (κ2) is 29.5. The second-order valence-corrected chi connectivity index (χ2v) is 8.12. The standard InChI is InChI=1S/C26H52O5/c1-3-4-5-6-7-8-9-10-13-18-28-21-16-22-29-19-14-11-12-15-20-30-23-17-24-31-26-25-27-2/h3H,1,4-26H2,2H3. The van der Waals surface area contributed by atoms with Gasteiger partial charge in [-0.1, -0.05) is 51.0 Å². The molecule has 5 nitrogen and oxygen atoms in total. The molecule has 0 saturated heterocycles. The first-order valence-electron chi connectivity index (χ1n) is 12.8. The van der Waals surface area contributed by atoms with Crippen molar-refractivity contribution in [3.05, 3.63) is 12.7 Å². The lowest BCUT2D eigenvalue weighted by atomic mass is 10.1. The molecular weight excluding hydrogens is 392 g/mol. The molecule has 0 aromatic rings. The molecular formula is C26H52O5. The van der Waals surface area contributed by atoms with Gasteiger partial charge in [0.15, 0.2) is 0 Å². The highest BCUT2D eigenvalue weighted by molar-refractivity contribution is 4.65. The van der Waals surface area contributed by atoms with Crippen molar-refractivity contribution in [1.29, 1.82) is 0 Å². The van der Waals surface area contributed by atoms with Crippen molar-refractivity contribution in [2.45, 2.75) is 89.9 Å². The Balaban J connectivity index is 2.98. The van der Waals surface area contributed by atoms with Crippen molar-refractivity contribution >= 4 is 0 Å². The lowest BCUT2D eigenvalue weighted by molar-refractivity contribution is 0.0506. The largest absolute Gasteiger partial charge is 0.382 e. The van der Waals surface area contributed by atoms with Crippen LogP contribution in [0.25, 0.3) is 0 Å². The summed E-state index contributed by atoms with van der Waals surface area (Å²) >= 11 is 0. The summed E-state index contributed by atoms with van der Waals surface area (Å²) in [5.74, 6) is 0. The number of allylic oxidation sites excluding steroid dienone is 1. The zero-order valence-electron chi connectivity index (χ0n) is 20.6. The Labute approximate surface area is 193 Å². The highest BCUT2D eigenvalue weighted by Crippen LogP contribution is 2.08. The first-order valence-corrected chi connectivity index (χ1v) is 12.8. The van der Waals surface area contributed by atoms with Crippen LogP contribution in [0.4, 0.5) is 0 Å². The van der Waals surface area contributed by atoms with Gasteiger partial charge >= 0.3 is 0 Å². The predicted molar refractivity (Wildman–Crippen MR) is 130 cm³/mol. The number of rotatable bonds is 28. The molecule has 0 aromatic carbocycles. The fourth-order valence-corrected chi connectivity index (χ4v) is 3.22. The van der Waals surface area contributed by atoms with Crippen molar-refractivity contribution in [3.63, 3.8) is 0 Å². The van der Waals surface area contributed by atoms with E-state index < -0.39 is 0 Å². The van der Waals surface area contributed by atoms with Gasteiger partial charge in [-0.15, -0.1) is 6.58 Å². The van der Waals surface area contributed by atoms with Gasteiger partial charge in [0, 0.05) is 53.4 Å². The first-order chi connectivity index (χ1) is 15.4. The third kappa shape index (κ3) is 29.5. The van der Waals surface area contributed by atoms with Crippen molar-refractivity contribution < 1.29 is 23.7 Å². The van der Waals surface area contributed by atoms with Crippen LogP contribution < -0.4 is 0 Å². The quantitative estimate of drug-likeness (QED) is 0.104. The van der Waals surface area contributed by atoms with E-state index in [1.54, 1.807) is 7.11 Å². The number of ether oxygens (including phenoxy) is 5. The van der Waals surface area contributed by atoms with Crippen LogP contribution >= 0.6 is 0 Å². The van der Waals surface area contributed by atoms with E-state index in [2.05, 4.69) is 6.58 Å². The van der Waals surface area contributed by atoms with Crippen LogP contribution in [-0.2, 0) is 23.7 Å². The minimum atomic E-state index is 0.663. The number of methoxy groups -OCH3 is 1. The smallest absolute Gasteiger partial charge is 0.0700 e. The molecule has 0 bridgehead atoms. The van der Waals surface area contributed by atoms with Gasteiger partial charge in [-0.3, -0.25) is 0 Å². The van der Waals surface area contributed by atoms with E-state index in [0.717, 1.165) is 71.9 Å². The minimum absolute atomic E-state index is 0.663. The summed E-state index contributed by atoms with van der Waals surface area (Å²) in [5.41, 5.74) is 0. The van der Waals surface area contributed by atoms with Crippen molar-refractivity contribution in [1.82, 2.24) is 0 Å². The molecule has 0 unspecified atom stereocenters. The van der Waals surface area contributed by atoms with E-state index in [1.807, 2.05) is 6.08 Å². The average Bonchev–Trinajstić information content (AvgIpc) is 2.78. The second-order valence-electron chi connectivity index (χ2n) is 8.12. The highest BCUT2D eigenvalue weighted by Gasteiger charge is 1.95. The molecule has 0 aliphatic carbocycles. The summed E-state index contributed by atoms with van der Waals surface area (Å²) in [6.07, 6.45) is 19.1. The Bertz CT molecular complexity index is 325. The lowest BCUT2D eigenvalue weighted by Gasteiger charge is -2.07. The summed E-state index contributed by atoms with van der Waals surface area (Å²) in [6, 6.07) is 0. The van der Waals surface area contributed by atoms with Gasteiger partial charge in [0.2, 0.25) is 0 Å². The van der Waals surface area contributed by atoms with Gasteiger partial charge in [0.1, 0.15) is 0 Å². The highest BCUT2D eigenvalue weighted by atomic mass is 16.5. The van der Waals surface area contributed by atoms with E-state index in [1.165, 1.54) is 64.2 Å². The van der Waals surface area contributed by atoms with E-state index >= 15 is 0 Å². The summed E-state index contributed by atoms with van der Waals surface area (Å²) < 4.78 is 27.3. The molecule has 0 saturated carbocycles. The molecule has 5 heteroatoms. The monoisotopic (exact) mass is 444 g/mol. The molecule has 0 aromatic heterocycles. The molecule has 0 amide bonds. The van der Waals surface area contributed by atoms with Gasteiger partial charge in [-0.05, 0) is 44.9 Å². The van der Waals surface area contributed by atoms with Crippen LogP contribution in [-0.4, -0.2) is 66.6 Å². The third-order valence-corrected chi connectivity index (χ3v) is 5.11. The topological polar surface area (TPSA) is 46.2 Å². The predicted octanol–water partition coefficient (Wildman–Crippen LogP) is 6.35. The Morgan fingerprint density at radius 3 is 1.19 bits per heavy atom. The van der Waals surface area contributed by atoms with Gasteiger partial charge in [-0.2, -0.15) is 0 Å². The zero-order valence-corrected chi connectivity index (χ0v) is 20.6. The van der Waals surface area contributed by atoms with Crippen molar-refractivity contribution in [2.24, 2.45) is 0 Å². The molecule has 0 heterocycles. The Kier molecular flexibility index (Phi) is 29.1. The summed E-state index contributed by atoms with van der Waals surface area (Å²) in [7, 11) is 1.69. The maximum absolute atomic E-state index is 5.70. The van der Waals surface area contributed by atoms with Gasteiger partial charge in [0.05, 0.1) is 13.2 Å². The van der Waals surface area contributed by atoms with Crippen LogP contribution in [0.1, 0.15) is 89.9 Å². The molecule has 0 atom stereocenters. The third-order valence-electron chi connectivity index (χ3n) is 5.11. The molecule has 0 spiro atoms. The van der Waals surface area contributed by atoms with Crippen LogP contribution in [0.3, 0.4) is 0 Å². The Morgan fingerprint density at radius 1 is 0.419 bits per heavy atom. The van der Waals surface area contributed by atoms with E-state index in [9.17, 15) is 0 Å². The molecule has 0 fully saturated rings. The first kappa shape index (κ1) is 30.5. The molecule has 0 aliphatic heterocycles. The molecule has 0 aliphatic rings. The average molecular weight is 445 g/mol. The van der Waals surface area contributed by atoms with Crippen LogP contribution in [0, 0.1) is 0 Å². The fraction of sp³-hybridized carbons (Fsp3) is 0.923. The normalized spacial score (nSPS) is 11.3. The maximum atomic E-state index is 5.70. The summed E-state index contributed by atoms with van der Waals surface area (Å²) in [5, 5.41) is 0. The molecule has 31 heavy (non-hydrogen) atoms. The number of unbranched alkanes of at least 4 members (excludes halogenated alkanes) is 10. The number of hydrogen-bond acceptors (Lipinski definition) is 5. The van der Waals surface area contributed by atoms with Crippen LogP contribution in [0.15, 0.2) is 12.7 Å². The summed E-state index contributed by atoms with van der Waals surface area (Å²) in [6.45, 7) is 10.9. The lowest BCUT2D eigenvalue weighted by Crippen LogP contribution is -2.06. The summed E-state index contributed by atoms with van der Waals surface area (Å²) in [4.78, 5) is 0.